The van der Waals surface area contributed by atoms with Crippen molar-refractivity contribution in [3.63, 3.8) is 0 Å². The predicted molar refractivity (Wildman–Crippen MR) is 106 cm³/mol. The van der Waals surface area contributed by atoms with Gasteiger partial charge in [0.05, 0.1) is 18.3 Å². The Bertz CT molecular complexity index is 734. The summed E-state index contributed by atoms with van der Waals surface area (Å²) in [6, 6.07) is 16.6. The van der Waals surface area contributed by atoms with Crippen molar-refractivity contribution in [2.24, 2.45) is 0 Å². The molecule has 0 heterocycles. The van der Waals surface area contributed by atoms with Crippen molar-refractivity contribution < 1.29 is 0 Å². The van der Waals surface area contributed by atoms with Crippen molar-refractivity contribution in [3.05, 3.63) is 59.2 Å². The average molecular weight is 336 g/mol. The second kappa shape index (κ2) is 8.04. The third-order valence-electron chi connectivity index (χ3n) is 4.06. The van der Waals surface area contributed by atoms with Crippen LogP contribution in [0.15, 0.2) is 42.5 Å². The van der Waals surface area contributed by atoms with E-state index in [4.69, 9.17) is 0 Å². The first kappa shape index (κ1) is 18.8. The van der Waals surface area contributed by atoms with E-state index in [9.17, 15) is 5.26 Å². The molecule has 0 aliphatic carbocycles. The Morgan fingerprint density at radius 3 is 2.16 bits per heavy atom. The Balaban J connectivity index is 2.08. The molecule has 2 N–H and O–H groups in total. The number of nitrogens with one attached hydrogen (secondary N) is 2. The average Bonchev–Trinajstić information content (AvgIpc) is 2.57. The molecule has 0 spiro atoms. The number of anilines is 2. The summed E-state index contributed by atoms with van der Waals surface area (Å²) in [6.45, 7) is 8.00. The molecule has 2 aromatic rings. The van der Waals surface area contributed by atoms with E-state index in [-0.39, 0.29) is 5.41 Å². The lowest BCUT2D eigenvalue weighted by molar-refractivity contribution is 0.440. The van der Waals surface area contributed by atoms with Gasteiger partial charge < -0.3 is 10.6 Å². The fraction of sp³-hybridized carbons (Fsp3) is 0.381. The van der Waals surface area contributed by atoms with E-state index >= 15 is 0 Å². The molecule has 0 bridgehead atoms. The van der Waals surface area contributed by atoms with Crippen LogP contribution in [0.2, 0.25) is 0 Å². The van der Waals surface area contributed by atoms with Gasteiger partial charge in [0.25, 0.3) is 0 Å². The van der Waals surface area contributed by atoms with Gasteiger partial charge in [-0.1, -0.05) is 32.9 Å². The van der Waals surface area contributed by atoms with Crippen molar-refractivity contribution in [2.75, 3.05) is 31.4 Å². The number of nitriles is 1. The largest absolute Gasteiger partial charge is 0.381 e. The van der Waals surface area contributed by atoms with E-state index in [0.717, 1.165) is 23.6 Å². The van der Waals surface area contributed by atoms with Crippen molar-refractivity contribution in [3.8, 4) is 6.07 Å². The van der Waals surface area contributed by atoms with Gasteiger partial charge in [-0.2, -0.15) is 5.26 Å². The summed E-state index contributed by atoms with van der Waals surface area (Å²) in [6.07, 6.45) is 0. The minimum atomic E-state index is 0.152. The molecule has 2 rings (SSSR count). The Morgan fingerprint density at radius 2 is 1.60 bits per heavy atom. The van der Waals surface area contributed by atoms with E-state index in [1.54, 1.807) is 0 Å². The lowest BCUT2D eigenvalue weighted by Crippen LogP contribution is -2.20. The fourth-order valence-electron chi connectivity index (χ4n) is 2.49. The summed E-state index contributed by atoms with van der Waals surface area (Å²) >= 11 is 0. The molecule has 0 fully saturated rings. The zero-order valence-corrected chi connectivity index (χ0v) is 15.9. The van der Waals surface area contributed by atoms with Crippen molar-refractivity contribution in [1.29, 1.82) is 5.26 Å². The summed E-state index contributed by atoms with van der Waals surface area (Å²) < 4.78 is 0. The molecule has 0 radical (unpaired) electrons. The lowest BCUT2D eigenvalue weighted by atomic mass is 9.87. The van der Waals surface area contributed by atoms with Crippen molar-refractivity contribution in [2.45, 2.75) is 32.7 Å². The molecule has 4 heteroatoms. The van der Waals surface area contributed by atoms with Gasteiger partial charge in [0.1, 0.15) is 0 Å². The minimum absolute atomic E-state index is 0.152. The SMILES string of the molecule is CN(C)CNc1ccc(C#N)c(CNc2ccc(C(C)(C)C)cc2)c1. The molecule has 4 nitrogen and oxygen atoms in total. The van der Waals surface area contributed by atoms with E-state index in [1.807, 2.05) is 32.3 Å². The van der Waals surface area contributed by atoms with Crippen LogP contribution in [0.5, 0.6) is 0 Å². The summed E-state index contributed by atoms with van der Waals surface area (Å²) in [4.78, 5) is 2.06. The molecule has 0 amide bonds. The molecule has 0 aliphatic rings. The van der Waals surface area contributed by atoms with E-state index in [1.165, 1.54) is 5.56 Å². The Kier molecular flexibility index (Phi) is 6.06. The maximum Gasteiger partial charge on any atom is 0.0995 e. The molecular weight excluding hydrogens is 308 g/mol. The van der Waals surface area contributed by atoms with Crippen molar-refractivity contribution >= 4 is 11.4 Å². The summed E-state index contributed by atoms with van der Waals surface area (Å²) in [7, 11) is 4.03. The second-order valence-electron chi connectivity index (χ2n) is 7.58. The monoisotopic (exact) mass is 336 g/mol. The number of hydrogen-bond acceptors (Lipinski definition) is 4. The molecule has 0 saturated carbocycles. The van der Waals surface area contributed by atoms with Gasteiger partial charge in [-0.25, -0.2) is 0 Å². The van der Waals surface area contributed by atoms with Crippen LogP contribution >= 0.6 is 0 Å². The van der Waals surface area contributed by atoms with Gasteiger partial charge in [0, 0.05) is 17.9 Å². The normalized spacial score (nSPS) is 11.2. The van der Waals surface area contributed by atoms with E-state index in [0.29, 0.717) is 12.1 Å². The quantitative estimate of drug-likeness (QED) is 0.768. The highest BCUT2D eigenvalue weighted by atomic mass is 15.2. The van der Waals surface area contributed by atoms with E-state index in [2.05, 4.69) is 66.6 Å². The van der Waals surface area contributed by atoms with Crippen LogP contribution in [0.25, 0.3) is 0 Å². The van der Waals surface area contributed by atoms with Crippen LogP contribution in [-0.2, 0) is 12.0 Å². The lowest BCUT2D eigenvalue weighted by Gasteiger charge is -2.19. The van der Waals surface area contributed by atoms with Crippen LogP contribution in [0.3, 0.4) is 0 Å². The first-order chi connectivity index (χ1) is 11.8. The number of nitrogens with zero attached hydrogens (tertiary/aromatic N) is 2. The van der Waals surface area contributed by atoms with Gasteiger partial charge in [-0.15, -0.1) is 0 Å². The Morgan fingerprint density at radius 1 is 0.960 bits per heavy atom. The van der Waals surface area contributed by atoms with Crippen LogP contribution in [0.1, 0.15) is 37.5 Å². The van der Waals surface area contributed by atoms with Crippen molar-refractivity contribution in [1.82, 2.24) is 4.90 Å². The molecule has 0 aromatic heterocycles. The predicted octanol–water partition coefficient (Wildman–Crippen LogP) is 4.40. The maximum atomic E-state index is 9.34. The van der Waals surface area contributed by atoms with Crippen LogP contribution < -0.4 is 10.6 Å². The van der Waals surface area contributed by atoms with Gasteiger partial charge in [0.15, 0.2) is 0 Å². The van der Waals surface area contributed by atoms with Gasteiger partial charge in [0.2, 0.25) is 0 Å². The first-order valence-electron chi connectivity index (χ1n) is 8.55. The molecule has 0 saturated heterocycles. The standard InChI is InChI=1S/C21H28N4/c1-21(2,3)18-7-10-19(11-8-18)23-14-17-12-20(24-15-25(4)5)9-6-16(17)13-22/h6-12,23-24H,14-15H2,1-5H3. The second-order valence-corrected chi connectivity index (χ2v) is 7.58. The number of rotatable bonds is 6. The zero-order chi connectivity index (χ0) is 18.4. The Hall–Kier alpha value is -2.51. The minimum Gasteiger partial charge on any atom is -0.381 e. The van der Waals surface area contributed by atoms with Crippen LogP contribution in [-0.4, -0.2) is 25.7 Å². The molecule has 132 valence electrons. The fourth-order valence-corrected chi connectivity index (χ4v) is 2.49. The number of hydrogen-bond donors (Lipinski definition) is 2. The van der Waals surface area contributed by atoms with Crippen LogP contribution in [0, 0.1) is 11.3 Å². The summed E-state index contributed by atoms with van der Waals surface area (Å²) in [5.41, 5.74) is 5.24. The van der Waals surface area contributed by atoms with Gasteiger partial charge in [-0.05, 0) is 61.0 Å². The first-order valence-corrected chi connectivity index (χ1v) is 8.55. The molecule has 2 aromatic carbocycles. The molecule has 0 atom stereocenters. The Labute approximate surface area is 151 Å². The third kappa shape index (κ3) is 5.51. The van der Waals surface area contributed by atoms with Gasteiger partial charge >= 0.3 is 0 Å². The highest BCUT2D eigenvalue weighted by Gasteiger charge is 2.12. The summed E-state index contributed by atoms with van der Waals surface area (Å²) in [5.74, 6) is 0. The zero-order valence-electron chi connectivity index (χ0n) is 15.9. The molecule has 0 unspecified atom stereocenters. The van der Waals surface area contributed by atoms with Gasteiger partial charge in [-0.3, -0.25) is 4.90 Å². The molecular formula is C21H28N4. The highest BCUT2D eigenvalue weighted by Crippen LogP contribution is 2.24. The van der Waals surface area contributed by atoms with E-state index < -0.39 is 0 Å². The smallest absolute Gasteiger partial charge is 0.0995 e. The maximum absolute atomic E-state index is 9.34. The highest BCUT2D eigenvalue weighted by molar-refractivity contribution is 5.54. The molecule has 25 heavy (non-hydrogen) atoms. The summed E-state index contributed by atoms with van der Waals surface area (Å²) in [5, 5.41) is 16.1. The van der Waals surface area contributed by atoms with Crippen LogP contribution in [0.4, 0.5) is 11.4 Å². The third-order valence-corrected chi connectivity index (χ3v) is 4.06. The topological polar surface area (TPSA) is 51.1 Å². The molecule has 0 aliphatic heterocycles. The number of benzene rings is 2.